The number of hydrogen-bond donors (Lipinski definition) is 2. The van der Waals surface area contributed by atoms with E-state index in [1.54, 1.807) is 0 Å². The maximum atomic E-state index is 9.91. The molecule has 0 spiro atoms. The Hall–Kier alpha value is -0.760. The van der Waals surface area contributed by atoms with Gasteiger partial charge < -0.3 is 19.9 Å². The van der Waals surface area contributed by atoms with Crippen LogP contribution in [0.1, 0.15) is 31.9 Å². The summed E-state index contributed by atoms with van der Waals surface area (Å²) in [6.45, 7) is 4.46. The molecular formula is C16H29IN4O. The second-order valence-electron chi connectivity index (χ2n) is 5.92. The number of nitrogens with one attached hydrogen (secondary N) is 1. The molecule has 2 atom stereocenters. The van der Waals surface area contributed by atoms with E-state index in [2.05, 4.69) is 54.1 Å². The number of aromatic nitrogens is 1. The average Bonchev–Trinajstić information content (AvgIpc) is 3.04. The zero-order chi connectivity index (χ0) is 15.2. The van der Waals surface area contributed by atoms with Crippen molar-refractivity contribution in [1.29, 1.82) is 0 Å². The summed E-state index contributed by atoms with van der Waals surface area (Å²) in [5, 5.41) is 13.2. The number of halogens is 1. The highest BCUT2D eigenvalue weighted by Crippen LogP contribution is 2.25. The van der Waals surface area contributed by atoms with Crippen LogP contribution in [0.25, 0.3) is 0 Å². The van der Waals surface area contributed by atoms with Crippen LogP contribution in [0.5, 0.6) is 0 Å². The highest BCUT2D eigenvalue weighted by atomic mass is 127. The summed E-state index contributed by atoms with van der Waals surface area (Å²) in [6.07, 6.45) is 5.02. The summed E-state index contributed by atoms with van der Waals surface area (Å²) in [4.78, 5) is 6.86. The fourth-order valence-corrected chi connectivity index (χ4v) is 2.88. The SMILES string of the molecule is CCNC(=NCC1CCCC1O)N(C)Cc1cccn1C.I. The Morgan fingerprint density at radius 2 is 2.27 bits per heavy atom. The molecule has 1 aromatic rings. The monoisotopic (exact) mass is 420 g/mol. The van der Waals surface area contributed by atoms with Crippen molar-refractivity contribution in [2.24, 2.45) is 18.0 Å². The molecule has 0 radical (unpaired) electrons. The Balaban J connectivity index is 0.00000242. The van der Waals surface area contributed by atoms with Gasteiger partial charge in [-0.15, -0.1) is 24.0 Å². The number of aliphatic imine (C=N–C) groups is 1. The topological polar surface area (TPSA) is 52.8 Å². The van der Waals surface area contributed by atoms with Gasteiger partial charge in [0.15, 0.2) is 5.96 Å². The smallest absolute Gasteiger partial charge is 0.194 e. The normalized spacial score (nSPS) is 21.5. The molecule has 2 unspecified atom stereocenters. The molecule has 1 aromatic heterocycles. The Bertz CT molecular complexity index is 474. The quantitative estimate of drug-likeness (QED) is 0.436. The Kier molecular flexibility index (Phi) is 8.24. The van der Waals surface area contributed by atoms with Gasteiger partial charge in [0, 0.05) is 45.0 Å². The van der Waals surface area contributed by atoms with Crippen LogP contribution in [0.15, 0.2) is 23.3 Å². The van der Waals surface area contributed by atoms with Crippen molar-refractivity contribution < 1.29 is 5.11 Å². The molecule has 5 nitrogen and oxygen atoms in total. The number of hydrogen-bond acceptors (Lipinski definition) is 2. The summed E-state index contributed by atoms with van der Waals surface area (Å²) < 4.78 is 2.13. The predicted octanol–water partition coefficient (Wildman–Crippen LogP) is 2.20. The molecule has 0 amide bonds. The zero-order valence-corrected chi connectivity index (χ0v) is 16.2. The van der Waals surface area contributed by atoms with Gasteiger partial charge in [0.1, 0.15) is 0 Å². The third-order valence-corrected chi connectivity index (χ3v) is 4.24. The van der Waals surface area contributed by atoms with Crippen molar-refractivity contribution in [3.05, 3.63) is 24.0 Å². The number of aliphatic hydroxyl groups excluding tert-OH is 1. The minimum Gasteiger partial charge on any atom is -0.393 e. The largest absolute Gasteiger partial charge is 0.393 e. The first-order valence-corrected chi connectivity index (χ1v) is 7.89. The van der Waals surface area contributed by atoms with E-state index in [1.165, 1.54) is 5.69 Å². The van der Waals surface area contributed by atoms with Gasteiger partial charge in [-0.1, -0.05) is 6.42 Å². The van der Waals surface area contributed by atoms with Gasteiger partial charge in [-0.3, -0.25) is 4.99 Å². The Morgan fingerprint density at radius 1 is 1.50 bits per heavy atom. The molecule has 0 bridgehead atoms. The lowest BCUT2D eigenvalue weighted by Crippen LogP contribution is -2.39. The molecule has 0 saturated heterocycles. The number of aryl methyl sites for hydroxylation is 1. The molecule has 126 valence electrons. The Morgan fingerprint density at radius 3 is 2.82 bits per heavy atom. The van der Waals surface area contributed by atoms with Crippen LogP contribution in [0, 0.1) is 5.92 Å². The van der Waals surface area contributed by atoms with Gasteiger partial charge in [0.2, 0.25) is 0 Å². The molecule has 1 aliphatic carbocycles. The minimum atomic E-state index is -0.171. The molecule has 2 rings (SSSR count). The van der Waals surface area contributed by atoms with Crippen LogP contribution in [-0.4, -0.2) is 46.8 Å². The molecule has 22 heavy (non-hydrogen) atoms. The number of nitrogens with zero attached hydrogens (tertiary/aromatic N) is 3. The highest BCUT2D eigenvalue weighted by molar-refractivity contribution is 14.0. The first-order valence-electron chi connectivity index (χ1n) is 7.89. The van der Waals surface area contributed by atoms with E-state index in [9.17, 15) is 5.11 Å². The molecule has 1 fully saturated rings. The van der Waals surface area contributed by atoms with E-state index in [-0.39, 0.29) is 30.1 Å². The van der Waals surface area contributed by atoms with Crippen molar-refractivity contribution >= 4 is 29.9 Å². The van der Waals surface area contributed by atoms with E-state index < -0.39 is 0 Å². The highest BCUT2D eigenvalue weighted by Gasteiger charge is 2.25. The number of aliphatic hydroxyl groups is 1. The van der Waals surface area contributed by atoms with Crippen LogP contribution < -0.4 is 5.32 Å². The molecule has 1 aliphatic rings. The fraction of sp³-hybridized carbons (Fsp3) is 0.688. The molecule has 1 saturated carbocycles. The summed E-state index contributed by atoms with van der Waals surface area (Å²) in [5.74, 6) is 1.24. The van der Waals surface area contributed by atoms with E-state index >= 15 is 0 Å². The van der Waals surface area contributed by atoms with Crippen LogP contribution in [-0.2, 0) is 13.6 Å². The van der Waals surface area contributed by atoms with Crippen LogP contribution in [0.3, 0.4) is 0 Å². The molecule has 0 aliphatic heterocycles. The lowest BCUT2D eigenvalue weighted by molar-refractivity contribution is 0.136. The first kappa shape index (κ1) is 19.3. The fourth-order valence-electron chi connectivity index (χ4n) is 2.88. The van der Waals surface area contributed by atoms with Gasteiger partial charge in [-0.25, -0.2) is 0 Å². The van der Waals surface area contributed by atoms with E-state index in [1.807, 2.05) is 0 Å². The van der Waals surface area contributed by atoms with Crippen LogP contribution in [0.2, 0.25) is 0 Å². The molecule has 0 aromatic carbocycles. The molecule has 1 heterocycles. The third kappa shape index (κ3) is 5.15. The second kappa shape index (κ2) is 9.39. The summed E-state index contributed by atoms with van der Waals surface area (Å²) in [7, 11) is 4.11. The molecule has 6 heteroatoms. The standard InChI is InChI=1S/C16H28N4O.HI/c1-4-17-16(18-11-13-7-5-9-15(13)21)20(3)12-14-8-6-10-19(14)2;/h6,8,10,13,15,21H,4-5,7,9,11-12H2,1-3H3,(H,17,18);1H. The van der Waals surface area contributed by atoms with Gasteiger partial charge in [-0.05, 0) is 31.9 Å². The third-order valence-electron chi connectivity index (χ3n) is 4.24. The maximum absolute atomic E-state index is 9.91. The summed E-state index contributed by atoms with van der Waals surface area (Å²) >= 11 is 0. The lowest BCUT2D eigenvalue weighted by atomic mass is 10.1. The number of rotatable bonds is 5. The van der Waals surface area contributed by atoms with E-state index in [0.29, 0.717) is 12.5 Å². The van der Waals surface area contributed by atoms with Crippen molar-refractivity contribution in [3.8, 4) is 0 Å². The zero-order valence-electron chi connectivity index (χ0n) is 13.8. The summed E-state index contributed by atoms with van der Waals surface area (Å²) in [6, 6.07) is 4.18. The van der Waals surface area contributed by atoms with E-state index in [4.69, 9.17) is 4.99 Å². The van der Waals surface area contributed by atoms with Crippen molar-refractivity contribution in [3.63, 3.8) is 0 Å². The van der Waals surface area contributed by atoms with E-state index in [0.717, 1.165) is 38.3 Å². The average molecular weight is 420 g/mol. The van der Waals surface area contributed by atoms with Gasteiger partial charge >= 0.3 is 0 Å². The van der Waals surface area contributed by atoms with Gasteiger partial charge in [0.05, 0.1) is 12.6 Å². The van der Waals surface area contributed by atoms with Crippen molar-refractivity contribution in [1.82, 2.24) is 14.8 Å². The van der Waals surface area contributed by atoms with Crippen molar-refractivity contribution in [2.45, 2.75) is 38.8 Å². The molecule has 2 N–H and O–H groups in total. The van der Waals surface area contributed by atoms with Gasteiger partial charge in [0.25, 0.3) is 0 Å². The predicted molar refractivity (Wildman–Crippen MR) is 102 cm³/mol. The van der Waals surface area contributed by atoms with Gasteiger partial charge in [-0.2, -0.15) is 0 Å². The second-order valence-corrected chi connectivity index (χ2v) is 5.92. The first-order chi connectivity index (χ1) is 10.1. The lowest BCUT2D eigenvalue weighted by Gasteiger charge is -2.23. The minimum absolute atomic E-state index is 0. The number of guanidine groups is 1. The van der Waals surface area contributed by atoms with Crippen LogP contribution >= 0.6 is 24.0 Å². The molecular weight excluding hydrogens is 391 g/mol. The maximum Gasteiger partial charge on any atom is 0.194 e. The van der Waals surface area contributed by atoms with Crippen molar-refractivity contribution in [2.75, 3.05) is 20.1 Å². The summed E-state index contributed by atoms with van der Waals surface area (Å²) in [5.41, 5.74) is 1.25. The Labute approximate surface area is 150 Å². The van der Waals surface area contributed by atoms with Crippen LogP contribution in [0.4, 0.5) is 0 Å².